The molecule has 2 rings (SSSR count). The Morgan fingerprint density at radius 1 is 1.29 bits per heavy atom. The van der Waals surface area contributed by atoms with Gasteiger partial charge in [-0.15, -0.1) is 0 Å². The fraction of sp³-hybridized carbons (Fsp3) is 0.600. The molecule has 1 aliphatic rings. The molecule has 1 aromatic rings. The molecule has 0 spiro atoms. The summed E-state index contributed by atoms with van der Waals surface area (Å²) in [4.78, 5) is 0. The SMILES string of the molecule is COc1ccc(C)cc1CC1(CBr)CCCC1. The molecule has 1 aromatic carbocycles. The number of hydrogen-bond acceptors (Lipinski definition) is 1. The van der Waals surface area contributed by atoms with Gasteiger partial charge in [0.25, 0.3) is 0 Å². The molecule has 94 valence electrons. The van der Waals surface area contributed by atoms with Crippen LogP contribution in [0.1, 0.15) is 36.8 Å². The Morgan fingerprint density at radius 3 is 2.59 bits per heavy atom. The van der Waals surface area contributed by atoms with E-state index in [1.165, 1.54) is 36.8 Å². The van der Waals surface area contributed by atoms with Crippen LogP contribution >= 0.6 is 15.9 Å². The van der Waals surface area contributed by atoms with Gasteiger partial charge in [-0.1, -0.05) is 46.5 Å². The fourth-order valence-corrected chi connectivity index (χ4v) is 3.69. The van der Waals surface area contributed by atoms with Crippen molar-refractivity contribution in [2.24, 2.45) is 5.41 Å². The number of ether oxygens (including phenoxy) is 1. The molecule has 0 aliphatic heterocycles. The zero-order valence-electron chi connectivity index (χ0n) is 10.8. The van der Waals surface area contributed by atoms with Crippen LogP contribution in [0.2, 0.25) is 0 Å². The van der Waals surface area contributed by atoms with Gasteiger partial charge in [0, 0.05) is 5.33 Å². The van der Waals surface area contributed by atoms with Crippen molar-refractivity contribution >= 4 is 15.9 Å². The van der Waals surface area contributed by atoms with Crippen molar-refractivity contribution in [3.8, 4) is 5.75 Å². The fourth-order valence-electron chi connectivity index (χ4n) is 2.93. The maximum Gasteiger partial charge on any atom is 0.122 e. The van der Waals surface area contributed by atoms with Crippen LogP contribution in [0.25, 0.3) is 0 Å². The Morgan fingerprint density at radius 2 is 2.00 bits per heavy atom. The summed E-state index contributed by atoms with van der Waals surface area (Å²) in [5, 5.41) is 1.11. The van der Waals surface area contributed by atoms with E-state index in [1.807, 2.05) is 0 Å². The van der Waals surface area contributed by atoms with E-state index in [9.17, 15) is 0 Å². The maximum atomic E-state index is 5.48. The highest BCUT2D eigenvalue weighted by molar-refractivity contribution is 9.09. The largest absolute Gasteiger partial charge is 0.496 e. The molecule has 1 aliphatic carbocycles. The monoisotopic (exact) mass is 296 g/mol. The minimum Gasteiger partial charge on any atom is -0.496 e. The molecule has 0 atom stereocenters. The van der Waals surface area contributed by atoms with Crippen molar-refractivity contribution in [3.05, 3.63) is 29.3 Å². The van der Waals surface area contributed by atoms with Gasteiger partial charge in [0.15, 0.2) is 0 Å². The van der Waals surface area contributed by atoms with E-state index in [0.717, 1.165) is 17.5 Å². The van der Waals surface area contributed by atoms with Crippen molar-refractivity contribution in [1.82, 2.24) is 0 Å². The first-order valence-corrected chi connectivity index (χ1v) is 7.51. The number of hydrogen-bond donors (Lipinski definition) is 0. The molecule has 1 fully saturated rings. The summed E-state index contributed by atoms with van der Waals surface area (Å²) < 4.78 is 5.48. The second-order valence-corrected chi connectivity index (χ2v) is 5.89. The highest BCUT2D eigenvalue weighted by Crippen LogP contribution is 2.43. The Hall–Kier alpha value is -0.500. The van der Waals surface area contributed by atoms with E-state index in [2.05, 4.69) is 41.1 Å². The van der Waals surface area contributed by atoms with E-state index in [4.69, 9.17) is 4.74 Å². The van der Waals surface area contributed by atoms with Crippen LogP contribution in [-0.4, -0.2) is 12.4 Å². The summed E-state index contributed by atoms with van der Waals surface area (Å²) in [5.74, 6) is 1.04. The molecule has 0 unspecified atom stereocenters. The first-order valence-electron chi connectivity index (χ1n) is 6.39. The van der Waals surface area contributed by atoms with Gasteiger partial charge in [-0.2, -0.15) is 0 Å². The average molecular weight is 297 g/mol. The highest BCUT2D eigenvalue weighted by Gasteiger charge is 2.33. The molecule has 1 saturated carbocycles. The lowest BCUT2D eigenvalue weighted by Gasteiger charge is -2.27. The first kappa shape index (κ1) is 12.9. The number of alkyl halides is 1. The summed E-state index contributed by atoms with van der Waals surface area (Å²) in [5.41, 5.74) is 3.15. The molecule has 0 radical (unpaired) electrons. The zero-order valence-corrected chi connectivity index (χ0v) is 12.3. The van der Waals surface area contributed by atoms with E-state index < -0.39 is 0 Å². The summed E-state index contributed by atoms with van der Waals surface area (Å²) >= 11 is 3.72. The lowest BCUT2D eigenvalue weighted by atomic mass is 9.81. The number of methoxy groups -OCH3 is 1. The molecule has 0 heterocycles. The number of aryl methyl sites for hydroxylation is 1. The van der Waals surface area contributed by atoms with Gasteiger partial charge in [0.05, 0.1) is 7.11 Å². The Kier molecular flexibility index (Phi) is 4.13. The van der Waals surface area contributed by atoms with Gasteiger partial charge in [-0.05, 0) is 43.2 Å². The number of benzene rings is 1. The van der Waals surface area contributed by atoms with Crippen LogP contribution in [0.5, 0.6) is 5.75 Å². The van der Waals surface area contributed by atoms with Crippen LogP contribution in [0.4, 0.5) is 0 Å². The first-order chi connectivity index (χ1) is 8.19. The van der Waals surface area contributed by atoms with Gasteiger partial charge in [0.2, 0.25) is 0 Å². The quantitative estimate of drug-likeness (QED) is 0.743. The predicted molar refractivity (Wildman–Crippen MR) is 76.1 cm³/mol. The minimum atomic E-state index is 0.459. The van der Waals surface area contributed by atoms with Crippen LogP contribution in [0.3, 0.4) is 0 Å². The van der Waals surface area contributed by atoms with Gasteiger partial charge >= 0.3 is 0 Å². The van der Waals surface area contributed by atoms with Crippen LogP contribution < -0.4 is 4.74 Å². The molecule has 0 aromatic heterocycles. The van der Waals surface area contributed by atoms with Crippen molar-refractivity contribution in [3.63, 3.8) is 0 Å². The molecule has 0 bridgehead atoms. The summed E-state index contributed by atoms with van der Waals surface area (Å²) in [7, 11) is 1.77. The standard InChI is InChI=1S/C15H21BrO/c1-12-5-6-14(17-2)13(9-12)10-15(11-16)7-3-4-8-15/h5-6,9H,3-4,7-8,10-11H2,1-2H3. The van der Waals surface area contributed by atoms with E-state index in [1.54, 1.807) is 7.11 Å². The zero-order chi connectivity index (χ0) is 12.3. The molecular formula is C15H21BrO. The smallest absolute Gasteiger partial charge is 0.122 e. The normalized spacial score (nSPS) is 18.3. The molecule has 1 nitrogen and oxygen atoms in total. The van der Waals surface area contributed by atoms with Gasteiger partial charge in [-0.3, -0.25) is 0 Å². The van der Waals surface area contributed by atoms with E-state index in [0.29, 0.717) is 5.41 Å². The van der Waals surface area contributed by atoms with Crippen LogP contribution in [0.15, 0.2) is 18.2 Å². The summed E-state index contributed by atoms with van der Waals surface area (Å²) in [6.45, 7) is 2.15. The van der Waals surface area contributed by atoms with Gasteiger partial charge < -0.3 is 4.74 Å². The molecule has 2 heteroatoms. The number of rotatable bonds is 4. The minimum absolute atomic E-state index is 0.459. The highest BCUT2D eigenvalue weighted by atomic mass is 79.9. The molecule has 0 amide bonds. The van der Waals surface area contributed by atoms with Crippen molar-refractivity contribution in [2.75, 3.05) is 12.4 Å². The summed E-state index contributed by atoms with van der Waals surface area (Å²) in [6.07, 6.45) is 6.58. The van der Waals surface area contributed by atoms with Crippen LogP contribution in [0, 0.1) is 12.3 Å². The molecule has 17 heavy (non-hydrogen) atoms. The topological polar surface area (TPSA) is 9.23 Å². The lowest BCUT2D eigenvalue weighted by molar-refractivity contribution is 0.335. The Bertz CT molecular complexity index is 381. The van der Waals surface area contributed by atoms with Crippen molar-refractivity contribution in [1.29, 1.82) is 0 Å². The summed E-state index contributed by atoms with van der Waals surface area (Å²) in [6, 6.07) is 6.50. The van der Waals surface area contributed by atoms with Crippen LogP contribution in [-0.2, 0) is 6.42 Å². The second kappa shape index (κ2) is 5.43. The third-order valence-corrected chi connectivity index (χ3v) is 5.14. The van der Waals surface area contributed by atoms with Crippen molar-refractivity contribution in [2.45, 2.75) is 39.0 Å². The van der Waals surface area contributed by atoms with E-state index in [-0.39, 0.29) is 0 Å². The molecular weight excluding hydrogens is 276 g/mol. The van der Waals surface area contributed by atoms with Gasteiger partial charge in [-0.25, -0.2) is 0 Å². The number of halogens is 1. The second-order valence-electron chi connectivity index (χ2n) is 5.33. The third-order valence-electron chi connectivity index (χ3n) is 3.95. The molecule has 0 N–H and O–H groups in total. The lowest BCUT2D eigenvalue weighted by Crippen LogP contribution is -2.21. The van der Waals surface area contributed by atoms with E-state index >= 15 is 0 Å². The Balaban J connectivity index is 2.24. The Labute approximate surface area is 113 Å². The predicted octanol–water partition coefficient (Wildman–Crippen LogP) is 4.50. The molecule has 0 saturated heterocycles. The van der Waals surface area contributed by atoms with Gasteiger partial charge in [0.1, 0.15) is 5.75 Å². The average Bonchev–Trinajstić information content (AvgIpc) is 2.79. The maximum absolute atomic E-state index is 5.48. The van der Waals surface area contributed by atoms with Crippen molar-refractivity contribution < 1.29 is 4.74 Å². The third kappa shape index (κ3) is 2.85.